The third kappa shape index (κ3) is 3.64. The lowest BCUT2D eigenvalue weighted by molar-refractivity contribution is -0.645. The van der Waals surface area contributed by atoms with Crippen LogP contribution in [0, 0.1) is 5.21 Å². The summed E-state index contributed by atoms with van der Waals surface area (Å²) in [5.41, 5.74) is 2.02. The normalized spacial score (nSPS) is 16.7. The highest BCUT2D eigenvalue weighted by atomic mass is 32.2. The van der Waals surface area contributed by atoms with Crippen molar-refractivity contribution in [2.75, 3.05) is 16.3 Å². The van der Waals surface area contributed by atoms with Crippen molar-refractivity contribution < 1.29 is 17.9 Å². The van der Waals surface area contributed by atoms with Crippen LogP contribution in [-0.2, 0) is 16.4 Å². The van der Waals surface area contributed by atoms with Crippen molar-refractivity contribution in [1.82, 2.24) is 0 Å². The number of benzene rings is 1. The van der Waals surface area contributed by atoms with Gasteiger partial charge in [0.1, 0.15) is 0 Å². The lowest BCUT2D eigenvalue weighted by Gasteiger charge is -2.21. The lowest BCUT2D eigenvalue weighted by Crippen LogP contribution is -2.34. The predicted octanol–water partition coefficient (Wildman–Crippen LogP) is 2.01. The first-order valence-corrected chi connectivity index (χ1v) is 10.6. The molecule has 0 unspecified atom stereocenters. The lowest BCUT2D eigenvalue weighted by atomic mass is 10.0. The zero-order valence-electron chi connectivity index (χ0n) is 13.9. The van der Waals surface area contributed by atoms with E-state index in [0.717, 1.165) is 10.3 Å². The van der Waals surface area contributed by atoms with Crippen molar-refractivity contribution >= 4 is 33.3 Å². The molecule has 25 heavy (non-hydrogen) atoms. The Morgan fingerprint density at radius 3 is 2.80 bits per heavy atom. The summed E-state index contributed by atoms with van der Waals surface area (Å²) in [4.78, 5) is 12.4. The van der Waals surface area contributed by atoms with Crippen molar-refractivity contribution in [1.29, 1.82) is 0 Å². The van der Waals surface area contributed by atoms with Gasteiger partial charge in [0.2, 0.25) is 10.0 Å². The summed E-state index contributed by atoms with van der Waals surface area (Å²) in [6, 6.07) is 9.98. The number of anilines is 1. The highest BCUT2D eigenvalue weighted by molar-refractivity contribution is 7.99. The van der Waals surface area contributed by atoms with Gasteiger partial charge in [-0.1, -0.05) is 0 Å². The Bertz CT molecular complexity index is 928. The number of thioether (sulfide) groups is 1. The van der Waals surface area contributed by atoms with E-state index in [4.69, 9.17) is 0 Å². The van der Waals surface area contributed by atoms with Gasteiger partial charge in [-0.25, -0.2) is 8.42 Å². The van der Waals surface area contributed by atoms with E-state index in [1.807, 2.05) is 6.92 Å². The minimum Gasteiger partial charge on any atom is -0.618 e. The van der Waals surface area contributed by atoms with Crippen LogP contribution in [0.5, 0.6) is 0 Å². The van der Waals surface area contributed by atoms with Crippen LogP contribution in [-0.4, -0.2) is 32.3 Å². The fourth-order valence-electron chi connectivity index (χ4n) is 3.03. The summed E-state index contributed by atoms with van der Waals surface area (Å²) in [5.74, 6) is 0.0539. The van der Waals surface area contributed by atoms with Gasteiger partial charge in [0.25, 0.3) is 5.03 Å². The predicted molar refractivity (Wildman–Crippen MR) is 97.4 cm³/mol. The number of rotatable bonds is 5. The molecule has 0 radical (unpaired) electrons. The molecule has 0 fully saturated rings. The van der Waals surface area contributed by atoms with Crippen LogP contribution in [0.3, 0.4) is 0 Å². The van der Waals surface area contributed by atoms with E-state index in [0.29, 0.717) is 22.7 Å². The first-order chi connectivity index (χ1) is 11.8. The number of hydrogen-bond donors (Lipinski definition) is 0. The fraction of sp³-hybridized carbons (Fsp3) is 0.294. The maximum Gasteiger partial charge on any atom is 0.251 e. The van der Waals surface area contributed by atoms with Gasteiger partial charge in [-0.15, -0.1) is 0 Å². The number of hydrogen-bond acceptors (Lipinski definition) is 5. The summed E-state index contributed by atoms with van der Waals surface area (Å²) in [5, 5.41) is 12.1. The molecule has 1 aliphatic heterocycles. The summed E-state index contributed by atoms with van der Waals surface area (Å²) in [7, 11) is -3.34. The zero-order valence-corrected chi connectivity index (χ0v) is 15.5. The van der Waals surface area contributed by atoms with Gasteiger partial charge in [0.05, 0.1) is 17.7 Å². The summed E-state index contributed by atoms with van der Waals surface area (Å²) < 4.78 is 26.0. The molecule has 1 atom stereocenters. The average Bonchev–Trinajstić information content (AvgIpc) is 2.88. The Labute approximate surface area is 151 Å². The van der Waals surface area contributed by atoms with E-state index in [2.05, 4.69) is 0 Å². The Kier molecular flexibility index (Phi) is 4.75. The van der Waals surface area contributed by atoms with Crippen LogP contribution in [0.2, 0.25) is 0 Å². The minimum absolute atomic E-state index is 0.0953. The molecule has 0 bridgehead atoms. The number of ketones is 1. The topological polar surface area (TPSA) is 81.4 Å². The quantitative estimate of drug-likeness (QED) is 0.344. The molecule has 1 aromatic carbocycles. The molecule has 0 N–H and O–H groups in total. The maximum absolute atomic E-state index is 12.4. The van der Waals surface area contributed by atoms with Crippen molar-refractivity contribution in [2.24, 2.45) is 0 Å². The van der Waals surface area contributed by atoms with Gasteiger partial charge in [-0.05, 0) is 54.9 Å². The van der Waals surface area contributed by atoms with E-state index in [1.165, 1.54) is 28.5 Å². The molecular formula is C17H18N2O4S2. The molecule has 0 spiro atoms. The maximum atomic E-state index is 12.4. The van der Waals surface area contributed by atoms with Crippen molar-refractivity contribution in [3.8, 4) is 0 Å². The number of fused-ring (bicyclic) bond motifs is 1. The third-order valence-electron chi connectivity index (χ3n) is 4.05. The highest BCUT2D eigenvalue weighted by Crippen LogP contribution is 2.35. The molecule has 2 aromatic rings. The van der Waals surface area contributed by atoms with Gasteiger partial charge in [0, 0.05) is 23.7 Å². The van der Waals surface area contributed by atoms with Crippen LogP contribution in [0.15, 0.2) is 47.6 Å². The molecule has 2 heterocycles. The second-order valence-electron chi connectivity index (χ2n) is 6.03. The Morgan fingerprint density at radius 2 is 2.12 bits per heavy atom. The Balaban J connectivity index is 1.78. The first kappa shape index (κ1) is 17.8. The number of Topliss-reactive ketones (excluding diaryl/α,β-unsaturated/α-hetero) is 1. The summed E-state index contributed by atoms with van der Waals surface area (Å²) in [6.45, 7) is 1.85. The molecule has 6 nitrogen and oxygen atoms in total. The SMILES string of the molecule is C[C@H]1Cc2cc(C(=O)CSc3cccc[n+]3[O-])ccc2N1S(C)(=O)=O. The van der Waals surface area contributed by atoms with E-state index in [9.17, 15) is 18.4 Å². The number of sulfonamides is 1. The van der Waals surface area contributed by atoms with Gasteiger partial charge in [-0.3, -0.25) is 9.10 Å². The molecular weight excluding hydrogens is 360 g/mol. The van der Waals surface area contributed by atoms with E-state index in [-0.39, 0.29) is 17.6 Å². The van der Waals surface area contributed by atoms with E-state index < -0.39 is 10.0 Å². The first-order valence-electron chi connectivity index (χ1n) is 7.74. The van der Waals surface area contributed by atoms with Gasteiger partial charge in [-0.2, -0.15) is 4.73 Å². The second kappa shape index (κ2) is 6.68. The van der Waals surface area contributed by atoms with Crippen LogP contribution in [0.25, 0.3) is 0 Å². The molecule has 0 aliphatic carbocycles. The van der Waals surface area contributed by atoms with Crippen molar-refractivity contribution in [2.45, 2.75) is 24.4 Å². The zero-order chi connectivity index (χ0) is 18.2. The molecule has 0 saturated carbocycles. The number of carbonyl (C=O) groups excluding carboxylic acids is 1. The molecule has 3 rings (SSSR count). The van der Waals surface area contributed by atoms with Crippen LogP contribution in [0.1, 0.15) is 22.8 Å². The van der Waals surface area contributed by atoms with E-state index >= 15 is 0 Å². The van der Waals surface area contributed by atoms with Crippen LogP contribution >= 0.6 is 11.8 Å². The molecule has 8 heteroatoms. The minimum atomic E-state index is -3.34. The summed E-state index contributed by atoms with van der Waals surface area (Å²) in [6.07, 6.45) is 3.16. The smallest absolute Gasteiger partial charge is 0.251 e. The number of nitrogens with zero attached hydrogens (tertiary/aromatic N) is 2. The van der Waals surface area contributed by atoms with Crippen LogP contribution in [0.4, 0.5) is 5.69 Å². The average molecular weight is 378 g/mol. The monoisotopic (exact) mass is 378 g/mol. The number of aromatic nitrogens is 1. The molecule has 132 valence electrons. The van der Waals surface area contributed by atoms with Crippen molar-refractivity contribution in [3.05, 3.63) is 58.9 Å². The van der Waals surface area contributed by atoms with E-state index in [1.54, 1.807) is 36.4 Å². The standard InChI is InChI=1S/C17H18N2O4S2/c1-12-9-14-10-13(6-7-15(14)19(12)25(2,22)23)16(20)11-24-17-5-3-4-8-18(17)21/h3-8,10,12H,9,11H2,1-2H3/t12-/m0/s1. The summed E-state index contributed by atoms with van der Waals surface area (Å²) >= 11 is 1.18. The Hall–Kier alpha value is -2.06. The van der Waals surface area contributed by atoms with Gasteiger partial charge < -0.3 is 5.21 Å². The van der Waals surface area contributed by atoms with Gasteiger partial charge in [0.15, 0.2) is 12.0 Å². The molecule has 0 amide bonds. The number of pyridine rings is 1. The third-order valence-corrected chi connectivity index (χ3v) is 6.34. The Morgan fingerprint density at radius 1 is 1.36 bits per heavy atom. The van der Waals surface area contributed by atoms with Crippen molar-refractivity contribution in [3.63, 3.8) is 0 Å². The molecule has 1 aromatic heterocycles. The highest BCUT2D eigenvalue weighted by Gasteiger charge is 2.32. The number of carbonyl (C=O) groups is 1. The second-order valence-corrected chi connectivity index (χ2v) is 8.89. The molecule has 1 aliphatic rings. The molecule has 0 saturated heterocycles. The largest absolute Gasteiger partial charge is 0.618 e. The van der Waals surface area contributed by atoms with Crippen LogP contribution < -0.4 is 9.04 Å². The fourth-order valence-corrected chi connectivity index (χ4v) is 5.10. The van der Waals surface area contributed by atoms with Gasteiger partial charge >= 0.3 is 0 Å².